The largest absolute Gasteiger partial charge is 0.298 e. The van der Waals surface area contributed by atoms with Gasteiger partial charge >= 0.3 is 0 Å². The van der Waals surface area contributed by atoms with Crippen LogP contribution < -0.4 is 0 Å². The molecular formula is C26H29N5. The van der Waals surface area contributed by atoms with Gasteiger partial charge in [-0.05, 0) is 62.1 Å². The maximum absolute atomic E-state index is 4.94. The number of hydrogen-bond acceptors (Lipinski definition) is 4. The number of fused-ring (bicyclic) bond motifs is 1. The van der Waals surface area contributed by atoms with Crippen molar-refractivity contribution in [3.8, 4) is 11.1 Å². The van der Waals surface area contributed by atoms with E-state index in [1.807, 2.05) is 12.4 Å². The van der Waals surface area contributed by atoms with Gasteiger partial charge in [0, 0.05) is 42.7 Å². The zero-order valence-corrected chi connectivity index (χ0v) is 18.3. The molecule has 1 saturated heterocycles. The standard InChI is InChI=1S/C26H29N5/c1-3-23-16-21(11-13-27-23)25-19(2)29-31-24(12-14-28-26(25)31)22-10-7-15-30(18-22)17-20-8-5-4-6-9-20/h4-6,8-9,11-14,16,22H,3,7,10,15,17-18H2,1-2H3. The van der Waals surface area contributed by atoms with Crippen molar-refractivity contribution in [3.05, 3.63) is 83.6 Å². The number of hydrogen-bond donors (Lipinski definition) is 0. The zero-order chi connectivity index (χ0) is 21.2. The number of pyridine rings is 1. The Morgan fingerprint density at radius 2 is 1.87 bits per heavy atom. The number of benzene rings is 1. The first kappa shape index (κ1) is 19.9. The minimum atomic E-state index is 0.457. The molecule has 158 valence electrons. The van der Waals surface area contributed by atoms with E-state index in [-0.39, 0.29) is 0 Å². The monoisotopic (exact) mass is 411 g/mol. The second kappa shape index (κ2) is 8.60. The fourth-order valence-electron chi connectivity index (χ4n) is 4.83. The molecule has 5 rings (SSSR count). The van der Waals surface area contributed by atoms with Gasteiger partial charge in [0.2, 0.25) is 0 Å². The molecule has 5 heteroatoms. The van der Waals surface area contributed by atoms with Gasteiger partial charge in [0.05, 0.1) is 11.4 Å². The topological polar surface area (TPSA) is 46.3 Å². The van der Waals surface area contributed by atoms with Crippen LogP contribution in [0.1, 0.15) is 48.3 Å². The first-order valence-corrected chi connectivity index (χ1v) is 11.3. The van der Waals surface area contributed by atoms with Crippen LogP contribution in [0.25, 0.3) is 16.8 Å². The summed E-state index contributed by atoms with van der Waals surface area (Å²) in [5, 5.41) is 4.94. The van der Waals surface area contributed by atoms with Gasteiger partial charge in [-0.15, -0.1) is 0 Å². The third-order valence-electron chi connectivity index (χ3n) is 6.36. The van der Waals surface area contributed by atoms with Crippen LogP contribution in [0.3, 0.4) is 0 Å². The van der Waals surface area contributed by atoms with Gasteiger partial charge in [-0.1, -0.05) is 37.3 Å². The van der Waals surface area contributed by atoms with Crippen LogP contribution in [-0.2, 0) is 13.0 Å². The molecule has 1 aliphatic rings. The van der Waals surface area contributed by atoms with E-state index in [0.29, 0.717) is 5.92 Å². The molecule has 1 aliphatic heterocycles. The summed E-state index contributed by atoms with van der Waals surface area (Å²) < 4.78 is 2.09. The molecule has 5 nitrogen and oxygen atoms in total. The summed E-state index contributed by atoms with van der Waals surface area (Å²) >= 11 is 0. The molecule has 1 fully saturated rings. The summed E-state index contributed by atoms with van der Waals surface area (Å²) in [5.74, 6) is 0.457. The lowest BCUT2D eigenvalue weighted by atomic mass is 9.94. The van der Waals surface area contributed by atoms with Crippen molar-refractivity contribution in [2.45, 2.75) is 45.6 Å². The Kier molecular flexibility index (Phi) is 5.51. The maximum atomic E-state index is 4.94. The first-order chi connectivity index (χ1) is 15.2. The Morgan fingerprint density at radius 3 is 2.71 bits per heavy atom. The van der Waals surface area contributed by atoms with E-state index in [0.717, 1.165) is 54.2 Å². The third-order valence-corrected chi connectivity index (χ3v) is 6.36. The van der Waals surface area contributed by atoms with Crippen LogP contribution in [0.15, 0.2) is 60.9 Å². The molecule has 0 radical (unpaired) electrons. The minimum Gasteiger partial charge on any atom is -0.298 e. The highest BCUT2D eigenvalue weighted by Gasteiger charge is 2.25. The van der Waals surface area contributed by atoms with E-state index < -0.39 is 0 Å². The molecule has 0 spiro atoms. The van der Waals surface area contributed by atoms with E-state index in [4.69, 9.17) is 10.1 Å². The molecule has 0 aliphatic carbocycles. The van der Waals surface area contributed by atoms with Crippen molar-refractivity contribution in [2.75, 3.05) is 13.1 Å². The average Bonchev–Trinajstić information content (AvgIpc) is 3.15. The summed E-state index contributed by atoms with van der Waals surface area (Å²) in [4.78, 5) is 11.8. The van der Waals surface area contributed by atoms with Gasteiger partial charge < -0.3 is 0 Å². The Morgan fingerprint density at radius 1 is 1.03 bits per heavy atom. The first-order valence-electron chi connectivity index (χ1n) is 11.3. The molecule has 1 atom stereocenters. The van der Waals surface area contributed by atoms with Crippen LogP contribution in [0.5, 0.6) is 0 Å². The number of nitrogens with zero attached hydrogens (tertiary/aromatic N) is 5. The zero-order valence-electron chi connectivity index (χ0n) is 18.3. The summed E-state index contributed by atoms with van der Waals surface area (Å²) in [5.41, 5.74) is 7.98. The molecule has 0 N–H and O–H groups in total. The highest BCUT2D eigenvalue weighted by molar-refractivity contribution is 5.79. The second-order valence-electron chi connectivity index (χ2n) is 8.51. The van der Waals surface area contributed by atoms with Gasteiger partial charge in [-0.3, -0.25) is 9.88 Å². The highest BCUT2D eigenvalue weighted by Crippen LogP contribution is 2.32. The maximum Gasteiger partial charge on any atom is 0.163 e. The molecule has 3 aromatic heterocycles. The lowest BCUT2D eigenvalue weighted by Crippen LogP contribution is -2.34. The predicted octanol–water partition coefficient (Wildman–Crippen LogP) is 5.04. The van der Waals surface area contributed by atoms with E-state index in [1.165, 1.54) is 24.1 Å². The number of rotatable bonds is 5. The van der Waals surface area contributed by atoms with Crippen LogP contribution in [0, 0.1) is 6.92 Å². The predicted molar refractivity (Wildman–Crippen MR) is 124 cm³/mol. The Labute approximate surface area is 183 Å². The number of likely N-dealkylation sites (tertiary alicyclic amines) is 1. The molecule has 4 heterocycles. The molecule has 1 aromatic carbocycles. The van der Waals surface area contributed by atoms with Crippen molar-refractivity contribution in [1.29, 1.82) is 0 Å². The van der Waals surface area contributed by atoms with Crippen molar-refractivity contribution in [2.24, 2.45) is 0 Å². The minimum absolute atomic E-state index is 0.457. The van der Waals surface area contributed by atoms with Crippen molar-refractivity contribution < 1.29 is 0 Å². The van der Waals surface area contributed by atoms with Gasteiger partial charge in [-0.25, -0.2) is 9.50 Å². The number of aryl methyl sites for hydroxylation is 2. The molecule has 0 amide bonds. The van der Waals surface area contributed by atoms with Gasteiger partial charge in [0.1, 0.15) is 0 Å². The normalized spacial score (nSPS) is 17.3. The van der Waals surface area contributed by atoms with Gasteiger partial charge in [-0.2, -0.15) is 5.10 Å². The van der Waals surface area contributed by atoms with Crippen LogP contribution >= 0.6 is 0 Å². The lowest BCUT2D eigenvalue weighted by molar-refractivity contribution is 0.197. The molecule has 4 aromatic rings. The molecule has 1 unspecified atom stereocenters. The van der Waals surface area contributed by atoms with Crippen molar-refractivity contribution in [3.63, 3.8) is 0 Å². The molecule has 0 saturated carbocycles. The summed E-state index contributed by atoms with van der Waals surface area (Å²) in [6.45, 7) is 7.43. The van der Waals surface area contributed by atoms with E-state index >= 15 is 0 Å². The van der Waals surface area contributed by atoms with Crippen LogP contribution in [0.4, 0.5) is 0 Å². The lowest BCUT2D eigenvalue weighted by Gasteiger charge is -2.33. The number of piperidine rings is 1. The second-order valence-corrected chi connectivity index (χ2v) is 8.51. The fourth-order valence-corrected chi connectivity index (χ4v) is 4.83. The van der Waals surface area contributed by atoms with E-state index in [1.54, 1.807) is 0 Å². The summed E-state index contributed by atoms with van der Waals surface area (Å²) in [7, 11) is 0. The number of aromatic nitrogens is 4. The molecular weight excluding hydrogens is 382 g/mol. The molecule has 0 bridgehead atoms. The summed E-state index contributed by atoms with van der Waals surface area (Å²) in [6.07, 6.45) is 7.16. The highest BCUT2D eigenvalue weighted by atomic mass is 15.3. The van der Waals surface area contributed by atoms with Crippen molar-refractivity contribution in [1.82, 2.24) is 24.5 Å². The van der Waals surface area contributed by atoms with E-state index in [9.17, 15) is 0 Å². The average molecular weight is 412 g/mol. The summed E-state index contributed by atoms with van der Waals surface area (Å²) in [6, 6.07) is 17.2. The molecule has 31 heavy (non-hydrogen) atoms. The van der Waals surface area contributed by atoms with Gasteiger partial charge in [0.15, 0.2) is 5.65 Å². The Balaban J connectivity index is 1.48. The van der Waals surface area contributed by atoms with Gasteiger partial charge in [0.25, 0.3) is 0 Å². The van der Waals surface area contributed by atoms with Crippen molar-refractivity contribution >= 4 is 5.65 Å². The third kappa shape index (κ3) is 3.98. The van der Waals surface area contributed by atoms with Crippen LogP contribution in [-0.4, -0.2) is 37.6 Å². The quantitative estimate of drug-likeness (QED) is 0.461. The van der Waals surface area contributed by atoms with Crippen LogP contribution in [0.2, 0.25) is 0 Å². The van der Waals surface area contributed by atoms with E-state index in [2.05, 4.69) is 76.8 Å². The smallest absolute Gasteiger partial charge is 0.163 e. The Bertz CT molecular complexity index is 1180. The fraction of sp³-hybridized carbons (Fsp3) is 0.346. The SMILES string of the molecule is CCc1cc(-c2c(C)nn3c(C4CCCN(Cc5ccccc5)C4)ccnc23)ccn1. The Hall–Kier alpha value is -3.05.